The summed E-state index contributed by atoms with van der Waals surface area (Å²) in [6, 6.07) is 6.27. The van der Waals surface area contributed by atoms with Gasteiger partial charge in [0.2, 0.25) is 5.88 Å². The van der Waals surface area contributed by atoms with Crippen molar-refractivity contribution in [2.75, 3.05) is 29.9 Å². The van der Waals surface area contributed by atoms with Gasteiger partial charge in [0.1, 0.15) is 17.2 Å². The molecule has 0 spiro atoms. The molecular formula is C23H24N10O. The molecule has 0 aliphatic carbocycles. The Morgan fingerprint density at radius 3 is 2.97 bits per heavy atom. The molecule has 4 aromatic rings. The highest BCUT2D eigenvalue weighted by Crippen LogP contribution is 2.34. The van der Waals surface area contributed by atoms with Gasteiger partial charge in [-0.05, 0) is 19.4 Å². The Labute approximate surface area is 196 Å². The Hall–Kier alpha value is -4.20. The highest BCUT2D eigenvalue weighted by Gasteiger charge is 2.27. The summed E-state index contributed by atoms with van der Waals surface area (Å²) in [4.78, 5) is 15.9. The lowest BCUT2D eigenvalue weighted by atomic mass is 10.1. The number of nitriles is 1. The van der Waals surface area contributed by atoms with Crippen LogP contribution in [0.25, 0.3) is 22.3 Å². The highest BCUT2D eigenvalue weighted by atomic mass is 16.5. The molecule has 0 amide bonds. The van der Waals surface area contributed by atoms with E-state index in [9.17, 15) is 5.26 Å². The molecule has 172 valence electrons. The number of fused-ring (bicyclic) bond motifs is 5. The van der Waals surface area contributed by atoms with Crippen LogP contribution >= 0.6 is 0 Å². The molecule has 6 heterocycles. The molecule has 11 nitrogen and oxygen atoms in total. The van der Waals surface area contributed by atoms with E-state index in [0.717, 1.165) is 41.7 Å². The van der Waals surface area contributed by atoms with Gasteiger partial charge in [0.05, 0.1) is 41.7 Å². The predicted molar refractivity (Wildman–Crippen MR) is 126 cm³/mol. The molecule has 2 atom stereocenters. The van der Waals surface area contributed by atoms with E-state index in [0.29, 0.717) is 36.5 Å². The van der Waals surface area contributed by atoms with Crippen molar-refractivity contribution in [2.24, 2.45) is 13.0 Å². The second-order valence-electron chi connectivity index (χ2n) is 8.78. The molecule has 11 heteroatoms. The van der Waals surface area contributed by atoms with E-state index in [2.05, 4.69) is 43.3 Å². The second kappa shape index (κ2) is 7.98. The van der Waals surface area contributed by atoms with Crippen LogP contribution in [-0.2, 0) is 7.05 Å². The lowest BCUT2D eigenvalue weighted by Crippen LogP contribution is -2.20. The van der Waals surface area contributed by atoms with Gasteiger partial charge in [-0.2, -0.15) is 15.5 Å². The number of hydrogen-bond acceptors (Lipinski definition) is 9. The first kappa shape index (κ1) is 20.4. The molecule has 34 heavy (non-hydrogen) atoms. The van der Waals surface area contributed by atoms with Crippen molar-refractivity contribution >= 4 is 28.4 Å². The van der Waals surface area contributed by atoms with Gasteiger partial charge in [0.15, 0.2) is 11.6 Å². The number of ether oxygens (including phenoxy) is 1. The number of nitrogens with zero attached hydrogens (tertiary/aromatic N) is 9. The molecule has 0 saturated carbocycles. The molecule has 1 saturated heterocycles. The van der Waals surface area contributed by atoms with E-state index in [1.165, 1.54) is 0 Å². The van der Waals surface area contributed by atoms with E-state index in [1.807, 2.05) is 24.0 Å². The summed E-state index contributed by atoms with van der Waals surface area (Å²) in [5.41, 5.74) is 1.72. The number of nitrogens with one attached hydrogen (secondary N) is 1. The quantitative estimate of drug-likeness (QED) is 0.460. The lowest BCUT2D eigenvalue weighted by molar-refractivity contribution is 0.260. The van der Waals surface area contributed by atoms with E-state index >= 15 is 0 Å². The van der Waals surface area contributed by atoms with Gasteiger partial charge >= 0.3 is 0 Å². The third-order valence-electron chi connectivity index (χ3n) is 6.47. The Kier molecular flexibility index (Phi) is 4.79. The zero-order chi connectivity index (χ0) is 23.2. The van der Waals surface area contributed by atoms with E-state index in [-0.39, 0.29) is 12.0 Å². The van der Waals surface area contributed by atoms with Gasteiger partial charge in [-0.25, -0.2) is 19.6 Å². The van der Waals surface area contributed by atoms with E-state index in [1.54, 1.807) is 23.1 Å². The SMILES string of the molecule is CC1CCOc2c(cnn2C)-c2nccc(n2)Nc2cc3c(cn2)c(N2CC[C@@H](C#N)C2)nn31. The van der Waals surface area contributed by atoms with Gasteiger partial charge in [-0.1, -0.05) is 0 Å². The molecule has 1 fully saturated rings. The third-order valence-corrected chi connectivity index (χ3v) is 6.47. The summed E-state index contributed by atoms with van der Waals surface area (Å²) < 4.78 is 9.90. The standard InChI is InChI=1S/C23H24N10O/c1-14-5-8-34-23-17(12-27-31(23)2)21-25-6-3-19(29-21)28-20-9-18-16(11-26-20)22(30-33(14)18)32-7-4-15(10-24)13-32/h3,6,9,11-12,14-15H,4-5,7-8,13H2,1-2H3,(H,25,26,28,29)/t14?,15-/m0/s1. The topological polar surface area (TPSA) is 123 Å². The van der Waals surface area contributed by atoms with Gasteiger partial charge in [-0.3, -0.25) is 4.68 Å². The third kappa shape index (κ3) is 3.39. The predicted octanol–water partition coefficient (Wildman–Crippen LogP) is 3.06. The molecule has 2 aliphatic rings. The van der Waals surface area contributed by atoms with Gasteiger partial charge in [0, 0.05) is 45.0 Å². The summed E-state index contributed by atoms with van der Waals surface area (Å²) in [6.07, 6.45) is 6.87. The smallest absolute Gasteiger partial charge is 0.222 e. The average molecular weight is 457 g/mol. The fourth-order valence-corrected chi connectivity index (χ4v) is 4.60. The highest BCUT2D eigenvalue weighted by molar-refractivity contribution is 5.92. The van der Waals surface area contributed by atoms with Crippen LogP contribution in [0.5, 0.6) is 5.88 Å². The number of hydrogen-bond donors (Lipinski definition) is 1. The second-order valence-corrected chi connectivity index (χ2v) is 8.78. The van der Waals surface area contributed by atoms with Crippen LogP contribution in [0.15, 0.2) is 30.7 Å². The maximum Gasteiger partial charge on any atom is 0.222 e. The maximum absolute atomic E-state index is 9.36. The molecule has 0 radical (unpaired) electrons. The van der Waals surface area contributed by atoms with Gasteiger partial charge in [0.25, 0.3) is 0 Å². The van der Waals surface area contributed by atoms with E-state index < -0.39 is 0 Å². The molecule has 4 aromatic heterocycles. The first-order chi connectivity index (χ1) is 16.6. The Morgan fingerprint density at radius 1 is 1.21 bits per heavy atom. The van der Waals surface area contributed by atoms with Crippen molar-refractivity contribution in [1.29, 1.82) is 5.26 Å². The molecule has 0 aromatic carbocycles. The fraction of sp³-hybridized carbons (Fsp3) is 0.391. The van der Waals surface area contributed by atoms with Gasteiger partial charge in [-0.15, -0.1) is 0 Å². The first-order valence-corrected chi connectivity index (χ1v) is 11.4. The molecular weight excluding hydrogens is 432 g/mol. The number of aryl methyl sites for hydroxylation is 1. The minimum Gasteiger partial charge on any atom is -0.477 e. The van der Waals surface area contributed by atoms with Crippen molar-refractivity contribution in [3.63, 3.8) is 0 Å². The van der Waals surface area contributed by atoms with E-state index in [4.69, 9.17) is 9.84 Å². The van der Waals surface area contributed by atoms with Crippen LogP contribution in [-0.4, -0.2) is 54.2 Å². The number of pyridine rings is 1. The van der Waals surface area contributed by atoms with Crippen LogP contribution in [0.2, 0.25) is 0 Å². The summed E-state index contributed by atoms with van der Waals surface area (Å²) in [7, 11) is 1.84. The van der Waals surface area contributed by atoms with Crippen LogP contribution in [0.3, 0.4) is 0 Å². The van der Waals surface area contributed by atoms with Crippen LogP contribution in [0.4, 0.5) is 17.5 Å². The zero-order valence-electron chi connectivity index (χ0n) is 19.0. The van der Waals surface area contributed by atoms with Crippen LogP contribution in [0.1, 0.15) is 25.8 Å². The normalized spacial score (nSPS) is 19.9. The average Bonchev–Trinajstić information content (AvgIpc) is 3.56. The van der Waals surface area contributed by atoms with Crippen molar-refractivity contribution in [1.82, 2.24) is 34.5 Å². The first-order valence-electron chi connectivity index (χ1n) is 11.4. The summed E-state index contributed by atoms with van der Waals surface area (Å²) in [6.45, 7) is 4.12. The molecule has 4 bridgehead atoms. The van der Waals surface area contributed by atoms with Gasteiger partial charge < -0.3 is 15.0 Å². The summed E-state index contributed by atoms with van der Waals surface area (Å²) in [5, 5.41) is 23.0. The number of anilines is 3. The largest absolute Gasteiger partial charge is 0.477 e. The number of rotatable bonds is 1. The van der Waals surface area contributed by atoms with Crippen molar-refractivity contribution < 1.29 is 4.74 Å². The monoisotopic (exact) mass is 456 g/mol. The zero-order valence-corrected chi connectivity index (χ0v) is 19.0. The molecule has 2 aliphatic heterocycles. The fourth-order valence-electron chi connectivity index (χ4n) is 4.60. The van der Waals surface area contributed by atoms with Crippen molar-refractivity contribution in [3.8, 4) is 23.3 Å². The minimum absolute atomic E-state index is 0.0292. The van der Waals surface area contributed by atoms with Crippen LogP contribution < -0.4 is 15.0 Å². The van der Waals surface area contributed by atoms with Crippen molar-refractivity contribution in [3.05, 3.63) is 30.7 Å². The van der Waals surface area contributed by atoms with Crippen molar-refractivity contribution in [2.45, 2.75) is 25.8 Å². The summed E-state index contributed by atoms with van der Waals surface area (Å²) in [5.74, 6) is 3.37. The molecule has 6 rings (SSSR count). The Balaban J connectivity index is 1.45. The maximum atomic E-state index is 9.36. The lowest BCUT2D eigenvalue weighted by Gasteiger charge is -2.16. The number of aromatic nitrogens is 7. The minimum atomic E-state index is 0.0292. The van der Waals surface area contributed by atoms with Crippen LogP contribution in [0, 0.1) is 17.2 Å². The summed E-state index contributed by atoms with van der Waals surface area (Å²) >= 11 is 0. The molecule has 1 unspecified atom stereocenters. The Bertz CT molecular complexity index is 1420. The Morgan fingerprint density at radius 2 is 2.12 bits per heavy atom. The molecule has 1 N–H and O–H groups in total.